The van der Waals surface area contributed by atoms with Gasteiger partial charge in [0.1, 0.15) is 6.04 Å². The molecule has 1 aliphatic rings. The Morgan fingerprint density at radius 2 is 2.00 bits per heavy atom. The molecule has 8 heteroatoms. The van der Waals surface area contributed by atoms with E-state index < -0.39 is 24.0 Å². The van der Waals surface area contributed by atoms with E-state index in [-0.39, 0.29) is 18.9 Å². The molecule has 8 nitrogen and oxygen atoms in total. The minimum absolute atomic E-state index is 0.124. The lowest BCUT2D eigenvalue weighted by Crippen LogP contribution is -2.53. The number of hydrogen-bond donors (Lipinski definition) is 3. The summed E-state index contributed by atoms with van der Waals surface area (Å²) in [6.07, 6.45) is 1.44. The van der Waals surface area contributed by atoms with Crippen molar-refractivity contribution in [1.82, 2.24) is 15.1 Å². The molecule has 0 radical (unpaired) electrons. The molecule has 0 aromatic rings. The van der Waals surface area contributed by atoms with Crippen molar-refractivity contribution in [2.45, 2.75) is 37.8 Å². The number of carboxylic acids is 2. The third kappa shape index (κ3) is 5.58. The van der Waals surface area contributed by atoms with Crippen LogP contribution in [-0.4, -0.2) is 77.3 Å². The largest absolute Gasteiger partial charge is 0.481 e. The number of hydrogen-bond acceptors (Lipinski definition) is 4. The fourth-order valence-corrected chi connectivity index (χ4v) is 2.33. The minimum atomic E-state index is -1.22. The first-order valence-electron chi connectivity index (χ1n) is 6.97. The highest BCUT2D eigenvalue weighted by Gasteiger charge is 2.28. The monoisotopic (exact) mass is 301 g/mol. The lowest BCUT2D eigenvalue weighted by Gasteiger charge is -2.36. The van der Waals surface area contributed by atoms with E-state index in [1.165, 1.54) is 0 Å². The van der Waals surface area contributed by atoms with E-state index in [1.54, 1.807) is 4.90 Å². The lowest BCUT2D eigenvalue weighted by atomic mass is 10.1. The van der Waals surface area contributed by atoms with E-state index in [0.717, 1.165) is 12.8 Å². The summed E-state index contributed by atoms with van der Waals surface area (Å²) in [5.74, 6) is -2.30. The molecule has 0 aliphatic carbocycles. The highest BCUT2D eigenvalue weighted by molar-refractivity contribution is 5.83. The van der Waals surface area contributed by atoms with Crippen LogP contribution in [0.15, 0.2) is 0 Å². The number of carbonyl (C=O) groups is 3. The van der Waals surface area contributed by atoms with Crippen LogP contribution in [0, 0.1) is 0 Å². The lowest BCUT2D eigenvalue weighted by molar-refractivity contribution is -0.140. The first kappa shape index (κ1) is 17.2. The van der Waals surface area contributed by atoms with Gasteiger partial charge in [0.15, 0.2) is 0 Å². The molecule has 2 atom stereocenters. The van der Waals surface area contributed by atoms with Crippen LogP contribution in [0.1, 0.15) is 25.7 Å². The Morgan fingerprint density at radius 1 is 1.33 bits per heavy atom. The fraction of sp³-hybridized carbons (Fsp3) is 0.769. The Hall–Kier alpha value is -1.83. The van der Waals surface area contributed by atoms with Gasteiger partial charge in [-0.1, -0.05) is 0 Å². The Morgan fingerprint density at radius 3 is 2.52 bits per heavy atom. The molecular weight excluding hydrogens is 278 g/mol. The standard InChI is InChI=1S/C13H23N3O5/c1-15(2)9-4-3-7-16(8-9)13(21)14-10(12(19)20)5-6-11(17)18/h9-10H,3-8H2,1-2H3,(H,14,21)(H,17,18)(H,19,20)/t9?,10-/m0/s1. The molecular formula is C13H23N3O5. The van der Waals surface area contributed by atoms with Crippen LogP contribution in [0.25, 0.3) is 0 Å². The number of rotatable bonds is 6. The van der Waals surface area contributed by atoms with Gasteiger partial charge in [0.05, 0.1) is 0 Å². The zero-order valence-electron chi connectivity index (χ0n) is 12.4. The molecule has 3 N–H and O–H groups in total. The third-order valence-corrected chi connectivity index (χ3v) is 3.66. The molecule has 1 saturated heterocycles. The van der Waals surface area contributed by atoms with Gasteiger partial charge in [-0.05, 0) is 33.4 Å². The molecule has 1 fully saturated rings. The molecule has 0 aromatic heterocycles. The smallest absolute Gasteiger partial charge is 0.326 e. The maximum atomic E-state index is 12.1. The van der Waals surface area contributed by atoms with Gasteiger partial charge in [-0.25, -0.2) is 9.59 Å². The molecule has 1 aliphatic heterocycles. The van der Waals surface area contributed by atoms with E-state index in [9.17, 15) is 14.4 Å². The number of likely N-dealkylation sites (N-methyl/N-ethyl adjacent to an activating group) is 1. The Balaban J connectivity index is 2.56. The summed E-state index contributed by atoms with van der Waals surface area (Å²) in [6, 6.07) is -1.36. The summed E-state index contributed by atoms with van der Waals surface area (Å²) in [5, 5.41) is 20.0. The number of amides is 2. The predicted molar refractivity (Wildman–Crippen MR) is 75.1 cm³/mol. The van der Waals surface area contributed by atoms with Crippen molar-refractivity contribution < 1.29 is 24.6 Å². The van der Waals surface area contributed by atoms with Gasteiger partial charge >= 0.3 is 18.0 Å². The zero-order chi connectivity index (χ0) is 16.0. The average Bonchev–Trinajstić information content (AvgIpc) is 2.42. The maximum absolute atomic E-state index is 12.1. The second-order valence-corrected chi connectivity index (χ2v) is 5.48. The highest BCUT2D eigenvalue weighted by Crippen LogP contribution is 2.14. The summed E-state index contributed by atoms with van der Waals surface area (Å²) in [4.78, 5) is 37.3. The van der Waals surface area contributed by atoms with Gasteiger partial charge in [-0.15, -0.1) is 0 Å². The molecule has 0 bridgehead atoms. The minimum Gasteiger partial charge on any atom is -0.481 e. The van der Waals surface area contributed by atoms with Crippen LogP contribution in [0.2, 0.25) is 0 Å². The normalized spacial score (nSPS) is 20.1. The van der Waals surface area contributed by atoms with Crippen LogP contribution in [0.5, 0.6) is 0 Å². The molecule has 0 aromatic carbocycles. The topological polar surface area (TPSA) is 110 Å². The van der Waals surface area contributed by atoms with Gasteiger partial charge in [-0.3, -0.25) is 4.79 Å². The Labute approximate surface area is 123 Å². The van der Waals surface area contributed by atoms with Gasteiger partial charge in [-0.2, -0.15) is 0 Å². The third-order valence-electron chi connectivity index (χ3n) is 3.66. The van der Waals surface area contributed by atoms with Gasteiger partial charge in [0.25, 0.3) is 0 Å². The second-order valence-electron chi connectivity index (χ2n) is 5.48. The van der Waals surface area contributed by atoms with Crippen LogP contribution < -0.4 is 5.32 Å². The SMILES string of the molecule is CN(C)C1CCCN(C(=O)N[C@@H](CCC(=O)O)C(=O)O)C1. The molecule has 0 spiro atoms. The molecule has 2 amide bonds. The molecule has 21 heavy (non-hydrogen) atoms. The molecule has 1 rings (SSSR count). The Bertz CT molecular complexity index is 399. The maximum Gasteiger partial charge on any atom is 0.326 e. The molecule has 1 unspecified atom stereocenters. The highest BCUT2D eigenvalue weighted by atomic mass is 16.4. The quantitative estimate of drug-likeness (QED) is 0.639. The van der Waals surface area contributed by atoms with E-state index in [2.05, 4.69) is 5.32 Å². The Kier molecular flexibility index (Phi) is 6.41. The van der Waals surface area contributed by atoms with Crippen LogP contribution in [-0.2, 0) is 9.59 Å². The number of urea groups is 1. The first-order valence-corrected chi connectivity index (χ1v) is 6.97. The summed E-state index contributed by atoms with van der Waals surface area (Å²) in [6.45, 7) is 1.13. The fourth-order valence-electron chi connectivity index (χ4n) is 2.33. The van der Waals surface area contributed by atoms with Crippen LogP contribution in [0.4, 0.5) is 4.79 Å². The average molecular weight is 301 g/mol. The summed E-state index contributed by atoms with van der Waals surface area (Å²) >= 11 is 0. The number of nitrogens with one attached hydrogen (secondary N) is 1. The van der Waals surface area contributed by atoms with E-state index in [0.29, 0.717) is 13.1 Å². The van der Waals surface area contributed by atoms with Crippen LogP contribution >= 0.6 is 0 Å². The summed E-state index contributed by atoms with van der Waals surface area (Å²) < 4.78 is 0. The van der Waals surface area contributed by atoms with Gasteiger partial charge < -0.3 is 25.3 Å². The van der Waals surface area contributed by atoms with Gasteiger partial charge in [0.2, 0.25) is 0 Å². The van der Waals surface area contributed by atoms with Crippen molar-refractivity contribution in [1.29, 1.82) is 0 Å². The number of likely N-dealkylation sites (tertiary alicyclic amines) is 1. The second kappa shape index (κ2) is 7.82. The van der Waals surface area contributed by atoms with Crippen molar-refractivity contribution >= 4 is 18.0 Å². The van der Waals surface area contributed by atoms with Crippen molar-refractivity contribution in [2.75, 3.05) is 27.2 Å². The zero-order valence-corrected chi connectivity index (χ0v) is 12.4. The number of piperidine rings is 1. The van der Waals surface area contributed by atoms with Crippen LogP contribution in [0.3, 0.4) is 0 Å². The first-order chi connectivity index (χ1) is 9.81. The van der Waals surface area contributed by atoms with Crippen molar-refractivity contribution in [2.24, 2.45) is 0 Å². The van der Waals surface area contributed by atoms with E-state index >= 15 is 0 Å². The number of aliphatic carboxylic acids is 2. The molecule has 0 saturated carbocycles. The molecule has 1 heterocycles. The van der Waals surface area contributed by atoms with Gasteiger partial charge in [0, 0.05) is 25.6 Å². The number of carbonyl (C=O) groups excluding carboxylic acids is 1. The predicted octanol–water partition coefficient (Wildman–Crippen LogP) is 0.0400. The summed E-state index contributed by atoms with van der Waals surface area (Å²) in [5.41, 5.74) is 0. The van der Waals surface area contributed by atoms with Crippen molar-refractivity contribution in [3.63, 3.8) is 0 Å². The summed E-state index contributed by atoms with van der Waals surface area (Å²) in [7, 11) is 3.89. The molecule has 120 valence electrons. The van der Waals surface area contributed by atoms with E-state index in [4.69, 9.17) is 10.2 Å². The van der Waals surface area contributed by atoms with E-state index in [1.807, 2.05) is 19.0 Å². The van der Waals surface area contributed by atoms with Crippen molar-refractivity contribution in [3.8, 4) is 0 Å². The number of carboxylic acid groups (broad SMARTS) is 2. The number of nitrogens with zero attached hydrogens (tertiary/aromatic N) is 2. The van der Waals surface area contributed by atoms with Crippen molar-refractivity contribution in [3.05, 3.63) is 0 Å².